The summed E-state index contributed by atoms with van der Waals surface area (Å²) in [7, 11) is 0. The van der Waals surface area contributed by atoms with Gasteiger partial charge in [0.2, 0.25) is 0 Å². The van der Waals surface area contributed by atoms with E-state index in [-0.39, 0.29) is 11.3 Å². The number of hydrogen-bond donors (Lipinski definition) is 1. The van der Waals surface area contributed by atoms with E-state index in [0.717, 1.165) is 0 Å². The first-order valence-electron chi connectivity index (χ1n) is 6.64. The summed E-state index contributed by atoms with van der Waals surface area (Å²) in [6.45, 7) is 6.40. The fourth-order valence-corrected chi connectivity index (χ4v) is 2.25. The lowest BCUT2D eigenvalue weighted by atomic mass is 9.87. The lowest BCUT2D eigenvalue weighted by Gasteiger charge is -2.19. The summed E-state index contributed by atoms with van der Waals surface area (Å²) in [4.78, 5) is 12.2. The van der Waals surface area contributed by atoms with Crippen molar-refractivity contribution in [3.05, 3.63) is 63.6 Å². The minimum atomic E-state index is -0.209. The summed E-state index contributed by atoms with van der Waals surface area (Å²) in [5.41, 5.74) is 2.33. The maximum Gasteiger partial charge on any atom is 0.255 e. The van der Waals surface area contributed by atoms with Crippen LogP contribution in [0.1, 0.15) is 36.7 Å². The van der Waals surface area contributed by atoms with Gasteiger partial charge < -0.3 is 5.32 Å². The van der Waals surface area contributed by atoms with Gasteiger partial charge in [0.15, 0.2) is 0 Å². The van der Waals surface area contributed by atoms with E-state index in [1.807, 2.05) is 24.3 Å². The largest absolute Gasteiger partial charge is 0.321 e. The molecule has 110 valence electrons. The average Bonchev–Trinajstić information content (AvgIpc) is 2.42. The number of carbonyl (C=O) groups is 1. The predicted octanol–water partition coefficient (Wildman–Crippen LogP) is 5.54. The van der Waals surface area contributed by atoms with Gasteiger partial charge in [0.05, 0.1) is 10.7 Å². The van der Waals surface area contributed by atoms with Gasteiger partial charge in [-0.1, -0.05) is 56.1 Å². The van der Waals surface area contributed by atoms with Crippen molar-refractivity contribution in [1.29, 1.82) is 0 Å². The molecule has 0 radical (unpaired) electrons. The van der Waals surface area contributed by atoms with Gasteiger partial charge in [0.1, 0.15) is 0 Å². The zero-order valence-corrected chi connectivity index (χ0v) is 13.7. The molecule has 0 aliphatic rings. The highest BCUT2D eigenvalue weighted by molar-refractivity contribution is 6.35. The van der Waals surface area contributed by atoms with Crippen LogP contribution >= 0.6 is 23.2 Å². The zero-order valence-electron chi connectivity index (χ0n) is 12.2. The van der Waals surface area contributed by atoms with Crippen LogP contribution in [0.2, 0.25) is 10.0 Å². The van der Waals surface area contributed by atoms with Gasteiger partial charge in [0.25, 0.3) is 5.91 Å². The number of amides is 1. The molecule has 0 aromatic heterocycles. The fourth-order valence-electron chi connectivity index (χ4n) is 1.91. The lowest BCUT2D eigenvalue weighted by molar-refractivity contribution is 0.102. The maximum atomic E-state index is 12.2. The van der Waals surface area contributed by atoms with Crippen LogP contribution in [0, 0.1) is 0 Å². The third-order valence-electron chi connectivity index (χ3n) is 3.19. The molecule has 0 aliphatic carbocycles. The Balaban J connectivity index is 2.19. The van der Waals surface area contributed by atoms with E-state index in [1.165, 1.54) is 5.56 Å². The molecule has 0 spiro atoms. The van der Waals surface area contributed by atoms with Crippen LogP contribution in [-0.2, 0) is 5.41 Å². The number of anilines is 1. The Bertz CT molecular complexity index is 657. The first kappa shape index (κ1) is 15.9. The summed E-state index contributed by atoms with van der Waals surface area (Å²) in [6, 6.07) is 12.5. The van der Waals surface area contributed by atoms with Gasteiger partial charge in [-0.15, -0.1) is 0 Å². The SMILES string of the molecule is CC(C)(C)c1ccc(C(=O)Nc2cc(Cl)ccc2Cl)cc1. The van der Waals surface area contributed by atoms with E-state index >= 15 is 0 Å². The number of nitrogens with one attached hydrogen (secondary N) is 1. The molecular weight excluding hydrogens is 305 g/mol. The van der Waals surface area contributed by atoms with Gasteiger partial charge in [-0.3, -0.25) is 4.79 Å². The molecule has 2 aromatic carbocycles. The average molecular weight is 322 g/mol. The molecule has 0 bridgehead atoms. The van der Waals surface area contributed by atoms with Crippen LogP contribution in [0.4, 0.5) is 5.69 Å². The molecule has 1 N–H and O–H groups in total. The van der Waals surface area contributed by atoms with E-state index < -0.39 is 0 Å². The van der Waals surface area contributed by atoms with Crippen molar-refractivity contribution in [2.45, 2.75) is 26.2 Å². The van der Waals surface area contributed by atoms with Gasteiger partial charge in [-0.05, 0) is 41.3 Å². The summed E-state index contributed by atoms with van der Waals surface area (Å²) in [5.74, 6) is -0.209. The van der Waals surface area contributed by atoms with E-state index in [1.54, 1.807) is 18.2 Å². The summed E-state index contributed by atoms with van der Waals surface area (Å²) in [5, 5.41) is 3.75. The second-order valence-electron chi connectivity index (χ2n) is 5.91. The number of benzene rings is 2. The van der Waals surface area contributed by atoms with Crippen LogP contribution < -0.4 is 5.32 Å². The van der Waals surface area contributed by atoms with Crippen molar-refractivity contribution in [1.82, 2.24) is 0 Å². The molecule has 0 saturated heterocycles. The first-order chi connectivity index (χ1) is 9.77. The Morgan fingerprint density at radius 1 is 1.00 bits per heavy atom. The van der Waals surface area contributed by atoms with Crippen molar-refractivity contribution < 1.29 is 4.79 Å². The van der Waals surface area contributed by atoms with Crippen molar-refractivity contribution in [2.24, 2.45) is 0 Å². The van der Waals surface area contributed by atoms with E-state index in [9.17, 15) is 4.79 Å². The normalized spacial score (nSPS) is 11.3. The van der Waals surface area contributed by atoms with Crippen LogP contribution in [0.25, 0.3) is 0 Å². The van der Waals surface area contributed by atoms with Crippen molar-refractivity contribution in [3.8, 4) is 0 Å². The first-order valence-corrected chi connectivity index (χ1v) is 7.40. The summed E-state index contributed by atoms with van der Waals surface area (Å²) in [6.07, 6.45) is 0. The fraction of sp³-hybridized carbons (Fsp3) is 0.235. The van der Waals surface area contributed by atoms with Crippen molar-refractivity contribution in [2.75, 3.05) is 5.32 Å². The molecule has 2 rings (SSSR count). The smallest absolute Gasteiger partial charge is 0.255 e. The Hall–Kier alpha value is -1.51. The van der Waals surface area contributed by atoms with Crippen LogP contribution in [0.3, 0.4) is 0 Å². The third kappa shape index (κ3) is 3.99. The van der Waals surface area contributed by atoms with Gasteiger partial charge in [-0.25, -0.2) is 0 Å². The molecule has 0 atom stereocenters. The summed E-state index contributed by atoms with van der Waals surface area (Å²) >= 11 is 11.9. The lowest BCUT2D eigenvalue weighted by Crippen LogP contribution is -2.14. The molecule has 0 fully saturated rings. The quantitative estimate of drug-likeness (QED) is 0.772. The maximum absolute atomic E-state index is 12.2. The number of rotatable bonds is 2. The monoisotopic (exact) mass is 321 g/mol. The van der Waals surface area contributed by atoms with Crippen LogP contribution in [-0.4, -0.2) is 5.91 Å². The highest BCUT2D eigenvalue weighted by atomic mass is 35.5. The molecule has 2 aromatic rings. The van der Waals surface area contributed by atoms with E-state index in [2.05, 4.69) is 26.1 Å². The standard InChI is InChI=1S/C17H17Cl2NO/c1-17(2,3)12-6-4-11(5-7-12)16(21)20-15-10-13(18)8-9-14(15)19/h4-10H,1-3H3,(H,20,21). The predicted molar refractivity (Wildman–Crippen MR) is 89.6 cm³/mol. The number of hydrogen-bond acceptors (Lipinski definition) is 1. The summed E-state index contributed by atoms with van der Waals surface area (Å²) < 4.78 is 0. The van der Waals surface area contributed by atoms with Crippen LogP contribution in [0.15, 0.2) is 42.5 Å². The Morgan fingerprint density at radius 3 is 2.19 bits per heavy atom. The second kappa shape index (κ2) is 6.08. The number of carbonyl (C=O) groups excluding carboxylic acids is 1. The Labute approximate surface area is 135 Å². The Morgan fingerprint density at radius 2 is 1.62 bits per heavy atom. The highest BCUT2D eigenvalue weighted by Crippen LogP contribution is 2.26. The van der Waals surface area contributed by atoms with E-state index in [4.69, 9.17) is 23.2 Å². The third-order valence-corrected chi connectivity index (χ3v) is 3.75. The van der Waals surface area contributed by atoms with Gasteiger partial charge in [0, 0.05) is 10.6 Å². The Kier molecular flexibility index (Phi) is 4.60. The second-order valence-corrected chi connectivity index (χ2v) is 6.75. The van der Waals surface area contributed by atoms with Crippen molar-refractivity contribution >= 4 is 34.8 Å². The molecule has 0 heterocycles. The van der Waals surface area contributed by atoms with Crippen molar-refractivity contribution in [3.63, 3.8) is 0 Å². The highest BCUT2D eigenvalue weighted by Gasteiger charge is 2.14. The van der Waals surface area contributed by atoms with Gasteiger partial charge in [-0.2, -0.15) is 0 Å². The van der Waals surface area contributed by atoms with Crippen LogP contribution in [0.5, 0.6) is 0 Å². The molecule has 4 heteroatoms. The molecule has 1 amide bonds. The van der Waals surface area contributed by atoms with Gasteiger partial charge >= 0.3 is 0 Å². The molecule has 21 heavy (non-hydrogen) atoms. The molecule has 2 nitrogen and oxygen atoms in total. The minimum Gasteiger partial charge on any atom is -0.321 e. The molecule has 0 unspecified atom stereocenters. The molecule has 0 aliphatic heterocycles. The minimum absolute atomic E-state index is 0.0608. The van der Waals surface area contributed by atoms with E-state index in [0.29, 0.717) is 21.3 Å². The molecule has 0 saturated carbocycles. The molecular formula is C17H17Cl2NO. The zero-order chi connectivity index (χ0) is 15.6. The number of halogens is 2. The topological polar surface area (TPSA) is 29.1 Å².